The minimum absolute atomic E-state index is 0.0458. The predicted molar refractivity (Wildman–Crippen MR) is 273 cm³/mol. The highest BCUT2D eigenvalue weighted by Crippen LogP contribution is 2.57. The van der Waals surface area contributed by atoms with Crippen molar-refractivity contribution in [1.82, 2.24) is 0 Å². The van der Waals surface area contributed by atoms with Crippen LogP contribution < -0.4 is 20.4 Å². The van der Waals surface area contributed by atoms with Gasteiger partial charge in [0.25, 0.3) is 0 Å². The Morgan fingerprint density at radius 1 is 0.246 bits per heavy atom. The third-order valence-electron chi connectivity index (χ3n) is 12.8. The lowest BCUT2D eigenvalue weighted by Crippen LogP contribution is -2.22. The zero-order chi connectivity index (χ0) is 49.9. The molecule has 0 N–H and O–H groups in total. The third-order valence-corrected chi connectivity index (χ3v) is 14.1. The van der Waals surface area contributed by atoms with Gasteiger partial charge in [0.05, 0.1) is 0 Å². The highest BCUT2D eigenvalue weighted by atomic mass is 32.1. The van der Waals surface area contributed by atoms with Gasteiger partial charge in [0.1, 0.15) is 0 Å². The van der Waals surface area contributed by atoms with Gasteiger partial charge in [-0.05, 0) is 110 Å². The first-order chi connectivity index (χ1) is 29.0. The van der Waals surface area contributed by atoms with Crippen LogP contribution in [0.1, 0.15) is 211 Å². The number of rotatable bonds is 4. The fraction of sp³-hybridized carbons (Fsp3) is 0.533. The van der Waals surface area contributed by atoms with Crippen LogP contribution in [0.5, 0.6) is 23.0 Å². The molecule has 0 unspecified atom stereocenters. The summed E-state index contributed by atoms with van der Waals surface area (Å²) in [5.41, 5.74) is 7.66. The van der Waals surface area contributed by atoms with Crippen molar-refractivity contribution in [2.75, 3.05) is 0 Å². The Labute approximate surface area is 398 Å². The summed E-state index contributed by atoms with van der Waals surface area (Å²) >= 11 is 1.67. The van der Waals surface area contributed by atoms with Crippen molar-refractivity contribution in [1.29, 1.82) is 0 Å². The molecule has 0 bridgehead atoms. The van der Waals surface area contributed by atoms with Crippen LogP contribution >= 0.6 is 11.3 Å². The van der Waals surface area contributed by atoms with Crippen molar-refractivity contribution in [3.63, 3.8) is 0 Å². The SMILES string of the molecule is CC(C)(C)c1cc(-c2sc(-c3cc(C(C)(C)C)c([O-])c(C(C)(C)C)c3)c(-c3cc(C(C)(C)C)c([O-])c(C(C)(C)C)c3)c2-c2cc(C(C)(C)C)c([O-])c(C(C)(C)C)c2)cc(C(C)(C)C)c1[O-]. The van der Waals surface area contributed by atoms with E-state index in [1.165, 1.54) is 0 Å². The van der Waals surface area contributed by atoms with Crippen LogP contribution in [0, 0.1) is 0 Å². The molecule has 354 valence electrons. The Balaban J connectivity index is 2.28. The highest BCUT2D eigenvalue weighted by Gasteiger charge is 2.33. The van der Waals surface area contributed by atoms with Gasteiger partial charge in [0.15, 0.2) is 0 Å². The van der Waals surface area contributed by atoms with Crippen molar-refractivity contribution in [3.8, 4) is 66.1 Å². The molecule has 4 nitrogen and oxygen atoms in total. The van der Waals surface area contributed by atoms with E-state index in [9.17, 15) is 20.4 Å². The molecule has 65 heavy (non-hydrogen) atoms. The standard InChI is InChI=1S/C60H84O4S/c1-53(2,3)37-25-33(26-38(47(37)61)54(4,5)6)45-46(34-27-39(55(7,8)9)48(62)40(28-34)56(10,11)12)52(36-31-43(59(19,20)21)50(64)44(32-36)60(22,23)24)65-51(45)35-29-41(57(13,14)15)49(63)42(30-35)58(16,17)18/h25-32,61-64H,1-24H3/p-4. The van der Waals surface area contributed by atoms with E-state index in [4.69, 9.17) is 0 Å². The lowest BCUT2D eigenvalue weighted by Gasteiger charge is -2.35. The van der Waals surface area contributed by atoms with Crippen LogP contribution in [-0.4, -0.2) is 0 Å². The Bertz CT molecular complexity index is 2310. The van der Waals surface area contributed by atoms with E-state index in [1.54, 1.807) is 11.3 Å². The van der Waals surface area contributed by atoms with Gasteiger partial charge >= 0.3 is 0 Å². The summed E-state index contributed by atoms with van der Waals surface area (Å²) in [7, 11) is 0. The average molecular weight is 897 g/mol. The largest absolute Gasteiger partial charge is 0.872 e. The molecule has 0 saturated heterocycles. The van der Waals surface area contributed by atoms with Gasteiger partial charge in [-0.1, -0.05) is 215 Å². The predicted octanol–water partition coefficient (Wildman–Crippen LogP) is 15.1. The van der Waals surface area contributed by atoms with E-state index in [0.717, 1.165) is 87.6 Å². The number of benzene rings is 4. The quantitative estimate of drug-likeness (QED) is 0.180. The molecule has 5 heteroatoms. The molecule has 0 spiro atoms. The molecule has 0 fully saturated rings. The molecule has 1 aromatic heterocycles. The number of thiophene rings is 1. The van der Waals surface area contributed by atoms with Gasteiger partial charge in [-0.15, -0.1) is 34.3 Å². The minimum atomic E-state index is -0.481. The Morgan fingerprint density at radius 3 is 0.523 bits per heavy atom. The summed E-state index contributed by atoms with van der Waals surface area (Å²) in [5.74, 6) is 0.202. The van der Waals surface area contributed by atoms with Gasteiger partial charge < -0.3 is 20.4 Å². The maximum absolute atomic E-state index is 14.7. The molecule has 0 atom stereocenters. The Morgan fingerprint density at radius 2 is 0.385 bits per heavy atom. The number of hydrogen-bond acceptors (Lipinski definition) is 5. The monoisotopic (exact) mass is 897 g/mol. The second-order valence-corrected chi connectivity index (χ2v) is 28.1. The van der Waals surface area contributed by atoms with E-state index >= 15 is 0 Å². The first kappa shape index (κ1) is 51.8. The fourth-order valence-corrected chi connectivity index (χ4v) is 10.2. The summed E-state index contributed by atoms with van der Waals surface area (Å²) in [4.78, 5) is 1.93. The smallest absolute Gasteiger partial charge is 0.0434 e. The van der Waals surface area contributed by atoms with Gasteiger partial charge in [-0.3, -0.25) is 0 Å². The van der Waals surface area contributed by atoms with Crippen molar-refractivity contribution in [3.05, 3.63) is 93.0 Å². The van der Waals surface area contributed by atoms with E-state index in [0.29, 0.717) is 0 Å². The first-order valence-electron chi connectivity index (χ1n) is 23.6. The third kappa shape index (κ3) is 10.2. The molecule has 0 aliphatic rings. The zero-order valence-corrected chi connectivity index (χ0v) is 45.5. The molecule has 4 aromatic carbocycles. The summed E-state index contributed by atoms with van der Waals surface area (Å²) in [6.07, 6.45) is 0. The molecule has 0 radical (unpaired) electrons. The van der Waals surface area contributed by atoms with Crippen LogP contribution in [0.25, 0.3) is 43.1 Å². The van der Waals surface area contributed by atoms with Crippen molar-refractivity contribution in [2.45, 2.75) is 209 Å². The average Bonchev–Trinajstić information content (AvgIpc) is 3.48. The van der Waals surface area contributed by atoms with Crippen molar-refractivity contribution < 1.29 is 20.4 Å². The topological polar surface area (TPSA) is 92.2 Å². The zero-order valence-electron chi connectivity index (χ0n) is 44.7. The summed E-state index contributed by atoms with van der Waals surface area (Å²) in [5, 5.41) is 58.5. The van der Waals surface area contributed by atoms with E-state index < -0.39 is 43.3 Å². The maximum atomic E-state index is 14.7. The maximum Gasteiger partial charge on any atom is 0.0434 e. The van der Waals surface area contributed by atoms with Gasteiger partial charge in [0, 0.05) is 20.9 Å². The van der Waals surface area contributed by atoms with Crippen LogP contribution in [-0.2, 0) is 43.3 Å². The van der Waals surface area contributed by atoms with Crippen LogP contribution in [0.4, 0.5) is 0 Å². The second-order valence-electron chi connectivity index (χ2n) is 27.1. The highest BCUT2D eigenvalue weighted by molar-refractivity contribution is 7.20. The van der Waals surface area contributed by atoms with E-state index in [-0.39, 0.29) is 23.0 Å². The number of hydrogen-bond donors (Lipinski definition) is 0. The lowest BCUT2D eigenvalue weighted by atomic mass is 9.75. The molecule has 0 aliphatic heterocycles. The van der Waals surface area contributed by atoms with Crippen molar-refractivity contribution in [2.24, 2.45) is 0 Å². The molecule has 5 rings (SSSR count). The fourth-order valence-electron chi connectivity index (χ4n) is 8.91. The molecule has 1 heterocycles. The lowest BCUT2D eigenvalue weighted by molar-refractivity contribution is -0.272. The molecule has 0 aliphatic carbocycles. The second kappa shape index (κ2) is 16.2. The molecular weight excluding hydrogens is 817 g/mol. The minimum Gasteiger partial charge on any atom is -0.872 e. The molecule has 5 aromatic rings. The van der Waals surface area contributed by atoms with Crippen LogP contribution in [0.2, 0.25) is 0 Å². The summed E-state index contributed by atoms with van der Waals surface area (Å²) < 4.78 is 0. The van der Waals surface area contributed by atoms with Gasteiger partial charge in [-0.25, -0.2) is 0 Å². The molecular formula is C60H80O4S-4. The van der Waals surface area contributed by atoms with E-state index in [2.05, 4.69) is 215 Å². The normalized spacial score (nSPS) is 13.8. The molecule has 0 amide bonds. The van der Waals surface area contributed by atoms with Gasteiger partial charge in [0.2, 0.25) is 0 Å². The Kier molecular flexibility index (Phi) is 12.9. The van der Waals surface area contributed by atoms with Gasteiger partial charge in [-0.2, -0.15) is 0 Å². The first-order valence-corrected chi connectivity index (χ1v) is 24.4. The van der Waals surface area contributed by atoms with Crippen LogP contribution in [0.15, 0.2) is 48.5 Å². The van der Waals surface area contributed by atoms with Crippen molar-refractivity contribution >= 4 is 11.3 Å². The van der Waals surface area contributed by atoms with E-state index in [1.807, 2.05) is 0 Å². The molecule has 0 saturated carbocycles. The Hall–Kier alpha value is -4.22. The summed E-state index contributed by atoms with van der Waals surface area (Å²) in [6, 6.07) is 16.8. The van der Waals surface area contributed by atoms with Crippen LogP contribution in [0.3, 0.4) is 0 Å². The summed E-state index contributed by atoms with van der Waals surface area (Å²) in [6.45, 7) is 50.4.